The van der Waals surface area contributed by atoms with Gasteiger partial charge < -0.3 is 9.42 Å². The van der Waals surface area contributed by atoms with Crippen molar-refractivity contribution in [2.45, 2.75) is 6.54 Å². The summed E-state index contributed by atoms with van der Waals surface area (Å²) in [7, 11) is 1.70. The van der Waals surface area contributed by atoms with E-state index in [9.17, 15) is 4.79 Å². The lowest BCUT2D eigenvalue weighted by Crippen LogP contribution is -2.26. The molecule has 0 aliphatic carbocycles. The van der Waals surface area contributed by atoms with Crippen molar-refractivity contribution in [2.24, 2.45) is 0 Å². The molecule has 0 aliphatic rings. The molecule has 0 spiro atoms. The van der Waals surface area contributed by atoms with Crippen LogP contribution < -0.4 is 0 Å². The van der Waals surface area contributed by atoms with Crippen LogP contribution in [0.3, 0.4) is 0 Å². The monoisotopic (exact) mass is 371 g/mol. The number of hydrogen-bond donors (Lipinski definition) is 0. The molecule has 28 heavy (non-hydrogen) atoms. The first kappa shape index (κ1) is 17.5. The van der Waals surface area contributed by atoms with Crippen molar-refractivity contribution in [1.82, 2.24) is 25.0 Å². The predicted octanol–water partition coefficient (Wildman–Crippen LogP) is 3.47. The number of aromatic nitrogens is 4. The van der Waals surface area contributed by atoms with Gasteiger partial charge in [-0.2, -0.15) is 0 Å². The maximum atomic E-state index is 12.6. The summed E-state index contributed by atoms with van der Waals surface area (Å²) in [6.07, 6.45) is 6.40. The largest absolute Gasteiger partial charge is 0.359 e. The number of rotatable bonds is 5. The summed E-state index contributed by atoms with van der Waals surface area (Å²) in [4.78, 5) is 26.7. The Kier molecular flexibility index (Phi) is 4.88. The van der Waals surface area contributed by atoms with E-state index in [1.165, 1.54) is 12.4 Å². The van der Waals surface area contributed by atoms with Crippen molar-refractivity contribution >= 4 is 5.91 Å². The minimum Gasteiger partial charge on any atom is -0.359 e. The standard InChI is InChI=1S/C21H17N5O2/c1-26(14-18-11-19(25-28-18)15-5-3-2-4-6-15)21(27)17-12-23-20(24-13-17)16-7-9-22-10-8-16/h2-13H,14H2,1H3. The quantitative estimate of drug-likeness (QED) is 0.534. The van der Waals surface area contributed by atoms with Crippen molar-refractivity contribution in [3.05, 3.63) is 84.6 Å². The predicted molar refractivity (Wildman–Crippen MR) is 103 cm³/mol. The third kappa shape index (κ3) is 3.78. The van der Waals surface area contributed by atoms with Crippen LogP contribution in [-0.4, -0.2) is 38.0 Å². The molecule has 1 amide bonds. The lowest BCUT2D eigenvalue weighted by Gasteiger charge is -2.15. The molecule has 7 heteroatoms. The Morgan fingerprint density at radius 3 is 2.43 bits per heavy atom. The van der Waals surface area contributed by atoms with Crippen LogP contribution >= 0.6 is 0 Å². The molecule has 3 heterocycles. The first-order valence-electron chi connectivity index (χ1n) is 8.69. The average molecular weight is 371 g/mol. The van der Waals surface area contributed by atoms with Crippen LogP contribution in [0.2, 0.25) is 0 Å². The van der Waals surface area contributed by atoms with Crippen molar-refractivity contribution < 1.29 is 9.32 Å². The Hall–Kier alpha value is -3.87. The molecule has 138 valence electrons. The fraction of sp³-hybridized carbons (Fsp3) is 0.0952. The molecule has 1 aromatic carbocycles. The maximum absolute atomic E-state index is 12.6. The maximum Gasteiger partial charge on any atom is 0.257 e. The Morgan fingerprint density at radius 1 is 1.00 bits per heavy atom. The minimum absolute atomic E-state index is 0.195. The zero-order chi connectivity index (χ0) is 19.3. The Balaban J connectivity index is 1.44. The molecule has 4 aromatic rings. The normalized spacial score (nSPS) is 10.6. The highest BCUT2D eigenvalue weighted by Crippen LogP contribution is 2.20. The van der Waals surface area contributed by atoms with Crippen LogP contribution in [0, 0.1) is 0 Å². The van der Waals surface area contributed by atoms with Crippen LogP contribution in [0.1, 0.15) is 16.1 Å². The second kappa shape index (κ2) is 7.79. The number of amides is 1. The van der Waals surface area contributed by atoms with Gasteiger partial charge >= 0.3 is 0 Å². The summed E-state index contributed by atoms with van der Waals surface area (Å²) in [5, 5.41) is 4.07. The molecule has 0 N–H and O–H groups in total. The van der Waals surface area contributed by atoms with E-state index in [4.69, 9.17) is 4.52 Å². The third-order valence-corrected chi connectivity index (χ3v) is 4.21. The van der Waals surface area contributed by atoms with Crippen molar-refractivity contribution in [3.63, 3.8) is 0 Å². The highest BCUT2D eigenvalue weighted by atomic mass is 16.5. The van der Waals surface area contributed by atoms with Gasteiger partial charge in [0.25, 0.3) is 5.91 Å². The molecule has 0 saturated carbocycles. The average Bonchev–Trinajstić information content (AvgIpc) is 3.23. The van der Waals surface area contributed by atoms with E-state index in [1.54, 1.807) is 24.3 Å². The van der Waals surface area contributed by atoms with E-state index in [2.05, 4.69) is 20.1 Å². The van der Waals surface area contributed by atoms with Gasteiger partial charge in [-0.15, -0.1) is 0 Å². The Labute approximate surface area is 161 Å². The molecule has 0 radical (unpaired) electrons. The number of pyridine rings is 1. The summed E-state index contributed by atoms with van der Waals surface area (Å²) in [5.41, 5.74) is 2.95. The molecule has 4 rings (SSSR count). The molecular formula is C21H17N5O2. The molecule has 7 nitrogen and oxygen atoms in total. The fourth-order valence-electron chi connectivity index (χ4n) is 2.75. The van der Waals surface area contributed by atoms with Gasteiger partial charge in [0.15, 0.2) is 11.6 Å². The summed E-state index contributed by atoms with van der Waals surface area (Å²) >= 11 is 0. The van der Waals surface area contributed by atoms with E-state index in [1.807, 2.05) is 48.5 Å². The number of benzene rings is 1. The van der Waals surface area contributed by atoms with Crippen molar-refractivity contribution in [1.29, 1.82) is 0 Å². The van der Waals surface area contributed by atoms with Crippen LogP contribution in [-0.2, 0) is 6.54 Å². The molecule has 0 aliphatic heterocycles. The van der Waals surface area contributed by atoms with Crippen molar-refractivity contribution in [3.8, 4) is 22.6 Å². The van der Waals surface area contributed by atoms with Gasteiger partial charge in [0.2, 0.25) is 0 Å². The highest BCUT2D eigenvalue weighted by Gasteiger charge is 2.16. The SMILES string of the molecule is CN(Cc1cc(-c2ccccc2)no1)C(=O)c1cnc(-c2ccncc2)nc1. The number of hydrogen-bond acceptors (Lipinski definition) is 6. The second-order valence-corrected chi connectivity index (χ2v) is 6.24. The van der Waals surface area contributed by atoms with E-state index in [-0.39, 0.29) is 5.91 Å². The molecule has 0 atom stereocenters. The molecular weight excluding hydrogens is 354 g/mol. The lowest BCUT2D eigenvalue weighted by atomic mass is 10.1. The minimum atomic E-state index is -0.195. The Morgan fingerprint density at radius 2 is 1.71 bits per heavy atom. The fourth-order valence-corrected chi connectivity index (χ4v) is 2.75. The van der Waals surface area contributed by atoms with Crippen molar-refractivity contribution in [2.75, 3.05) is 7.05 Å². The summed E-state index contributed by atoms with van der Waals surface area (Å²) < 4.78 is 5.37. The van der Waals surface area contributed by atoms with Crippen LogP contribution in [0.4, 0.5) is 0 Å². The molecule has 0 fully saturated rings. The van der Waals surface area contributed by atoms with Crippen LogP contribution in [0.25, 0.3) is 22.6 Å². The molecule has 0 bridgehead atoms. The van der Waals surface area contributed by atoms with E-state index < -0.39 is 0 Å². The first-order valence-corrected chi connectivity index (χ1v) is 8.69. The zero-order valence-electron chi connectivity index (χ0n) is 15.2. The number of carbonyl (C=O) groups is 1. The van der Waals surface area contributed by atoms with E-state index in [0.29, 0.717) is 23.7 Å². The molecule has 0 unspecified atom stereocenters. The van der Waals surface area contributed by atoms with Crippen LogP contribution in [0.5, 0.6) is 0 Å². The first-order chi connectivity index (χ1) is 13.7. The van der Waals surface area contributed by atoms with E-state index in [0.717, 1.165) is 16.8 Å². The summed E-state index contributed by atoms with van der Waals surface area (Å²) in [6, 6.07) is 15.2. The van der Waals surface area contributed by atoms with Gasteiger partial charge in [-0.3, -0.25) is 9.78 Å². The Bertz CT molecular complexity index is 1060. The van der Waals surface area contributed by atoms with Gasteiger partial charge in [-0.25, -0.2) is 9.97 Å². The topological polar surface area (TPSA) is 85.0 Å². The highest BCUT2D eigenvalue weighted by molar-refractivity contribution is 5.93. The van der Waals surface area contributed by atoms with Gasteiger partial charge in [0.05, 0.1) is 12.1 Å². The summed E-state index contributed by atoms with van der Waals surface area (Å²) in [5.74, 6) is 0.951. The third-order valence-electron chi connectivity index (χ3n) is 4.21. The lowest BCUT2D eigenvalue weighted by molar-refractivity contribution is 0.0771. The zero-order valence-corrected chi connectivity index (χ0v) is 15.2. The smallest absolute Gasteiger partial charge is 0.257 e. The van der Waals surface area contributed by atoms with Gasteiger partial charge in [0.1, 0.15) is 5.69 Å². The van der Waals surface area contributed by atoms with Gasteiger partial charge in [-0.1, -0.05) is 35.5 Å². The molecule has 3 aromatic heterocycles. The van der Waals surface area contributed by atoms with Gasteiger partial charge in [0, 0.05) is 49.0 Å². The summed E-state index contributed by atoms with van der Waals surface area (Å²) in [6.45, 7) is 0.296. The number of carbonyl (C=O) groups excluding carboxylic acids is 1. The van der Waals surface area contributed by atoms with Crippen LogP contribution in [0.15, 0.2) is 77.8 Å². The van der Waals surface area contributed by atoms with Gasteiger partial charge in [-0.05, 0) is 12.1 Å². The second-order valence-electron chi connectivity index (χ2n) is 6.24. The number of nitrogens with zero attached hydrogens (tertiary/aromatic N) is 5. The molecule has 0 saturated heterocycles. The van der Waals surface area contributed by atoms with E-state index >= 15 is 0 Å².